The third-order valence-corrected chi connectivity index (χ3v) is 2.66. The normalized spacial score (nSPS) is 20.0. The minimum absolute atomic E-state index is 0.219. The molecule has 13 heteroatoms. The monoisotopic (exact) mass is 288 g/mol. The highest BCUT2D eigenvalue weighted by Crippen LogP contribution is 2.29. The molecule has 0 bridgehead atoms. The van der Waals surface area contributed by atoms with Crippen molar-refractivity contribution in [3.63, 3.8) is 0 Å². The molecule has 0 radical (unpaired) electrons. The summed E-state index contributed by atoms with van der Waals surface area (Å²) in [6, 6.07) is 0. The number of allylic oxidation sites excluding steroid dienone is 1. The van der Waals surface area contributed by atoms with Crippen LogP contribution in [0.2, 0.25) is 0 Å². The molecule has 1 aromatic rings. The van der Waals surface area contributed by atoms with Crippen LogP contribution in [0.25, 0.3) is 0 Å². The van der Waals surface area contributed by atoms with E-state index in [-0.39, 0.29) is 10.3 Å². The molecule has 0 aliphatic heterocycles. The van der Waals surface area contributed by atoms with E-state index in [1.165, 1.54) is 0 Å². The fourth-order valence-corrected chi connectivity index (χ4v) is 1.88. The first kappa shape index (κ1) is 13.2. The molecule has 13 nitrogen and oxygen atoms in total. The Morgan fingerprint density at radius 1 is 1.40 bits per heavy atom. The van der Waals surface area contributed by atoms with Gasteiger partial charge < -0.3 is 5.21 Å². The van der Waals surface area contributed by atoms with Gasteiger partial charge in [-0.15, -0.1) is 0 Å². The van der Waals surface area contributed by atoms with Crippen LogP contribution >= 0.6 is 0 Å². The van der Waals surface area contributed by atoms with Gasteiger partial charge in [-0.1, -0.05) is 9.79 Å². The van der Waals surface area contributed by atoms with Crippen molar-refractivity contribution >= 4 is 5.71 Å². The highest BCUT2D eigenvalue weighted by atomic mass is 16.8. The Labute approximate surface area is 107 Å². The van der Waals surface area contributed by atoms with Gasteiger partial charge in [-0.3, -0.25) is 25.4 Å². The van der Waals surface area contributed by atoms with Gasteiger partial charge in [0.25, 0.3) is 17.1 Å². The number of H-pyrrole nitrogens is 1. The summed E-state index contributed by atoms with van der Waals surface area (Å²) in [6.45, 7) is -0.951. The van der Waals surface area contributed by atoms with E-state index in [2.05, 4.69) is 4.63 Å². The molecule has 0 amide bonds. The standard InChI is InChI=1S/C7H6N5O8/c13-9(14)2-3-4(10(15)16)1-5(11(17)18)6-7(3)12(19)20-8-6/h1,3,8H,2H2,(H,17,18)/q+1. The van der Waals surface area contributed by atoms with Gasteiger partial charge >= 0.3 is 5.71 Å². The Balaban J connectivity index is 2.73. The smallest absolute Gasteiger partial charge is 0.328 e. The maximum absolute atomic E-state index is 11.4. The summed E-state index contributed by atoms with van der Waals surface area (Å²) in [5.41, 5.74) is -2.33. The van der Waals surface area contributed by atoms with E-state index in [1.54, 1.807) is 0 Å². The highest BCUT2D eigenvalue weighted by Gasteiger charge is 2.50. The Morgan fingerprint density at radius 2 is 2.05 bits per heavy atom. The fraction of sp³-hybridized carbons (Fsp3) is 0.286. The van der Waals surface area contributed by atoms with E-state index in [0.717, 1.165) is 0 Å². The zero-order chi connectivity index (χ0) is 15.0. The second-order valence-corrected chi connectivity index (χ2v) is 3.76. The van der Waals surface area contributed by atoms with Gasteiger partial charge in [-0.2, -0.15) is 0 Å². The molecule has 1 aliphatic carbocycles. The van der Waals surface area contributed by atoms with Gasteiger partial charge in [-0.25, -0.2) is 0 Å². The summed E-state index contributed by atoms with van der Waals surface area (Å²) in [6.07, 6.45) is 0.634. The molecule has 0 saturated carbocycles. The van der Waals surface area contributed by atoms with E-state index in [0.29, 0.717) is 6.08 Å². The average Bonchev–Trinajstić information content (AvgIpc) is 2.70. The minimum atomic E-state index is -1.52. The predicted molar refractivity (Wildman–Crippen MR) is 55.6 cm³/mol. The molecule has 0 saturated heterocycles. The summed E-state index contributed by atoms with van der Waals surface area (Å²) in [7, 11) is 0. The van der Waals surface area contributed by atoms with Crippen molar-refractivity contribution in [2.45, 2.75) is 5.92 Å². The van der Waals surface area contributed by atoms with Gasteiger partial charge in [0.15, 0.2) is 10.5 Å². The molecule has 2 N–H and O–H groups in total. The van der Waals surface area contributed by atoms with E-state index < -0.39 is 44.3 Å². The van der Waals surface area contributed by atoms with Gasteiger partial charge in [0.05, 0.1) is 11.0 Å². The number of hydrogen-bond acceptors (Lipinski definition) is 8. The number of aromatic amines is 1. The SMILES string of the molecule is O=[N+]([O-])CC1C([N+](=O)[O-])=CC(=[N+]([O-])O)c2[nH]o[n+](=O)c21. The molecule has 0 spiro atoms. The van der Waals surface area contributed by atoms with Crippen LogP contribution in [0.4, 0.5) is 0 Å². The lowest BCUT2D eigenvalue weighted by atomic mass is 9.92. The second kappa shape index (κ2) is 4.45. The summed E-state index contributed by atoms with van der Waals surface area (Å²) >= 11 is 0. The van der Waals surface area contributed by atoms with Crippen molar-refractivity contribution in [1.82, 2.24) is 5.16 Å². The Kier molecular flexibility index (Phi) is 2.93. The minimum Gasteiger partial charge on any atom is -0.417 e. The quantitative estimate of drug-likeness (QED) is 0.298. The molecule has 1 heterocycles. The molecule has 106 valence electrons. The number of nitro groups is 2. The summed E-state index contributed by atoms with van der Waals surface area (Å²) < 4.78 is 4.08. The van der Waals surface area contributed by atoms with Gasteiger partial charge in [-0.05, 0) is 4.91 Å². The third-order valence-electron chi connectivity index (χ3n) is 2.66. The van der Waals surface area contributed by atoms with Gasteiger partial charge in [0.2, 0.25) is 6.54 Å². The van der Waals surface area contributed by atoms with E-state index >= 15 is 0 Å². The summed E-state index contributed by atoms with van der Waals surface area (Å²) in [5, 5.41) is 43.2. The number of rotatable bonds is 3. The first-order chi connectivity index (χ1) is 9.32. The van der Waals surface area contributed by atoms with Crippen molar-refractivity contribution < 1.29 is 29.2 Å². The van der Waals surface area contributed by atoms with Crippen LogP contribution in [0.1, 0.15) is 17.3 Å². The Bertz CT molecular complexity index is 707. The van der Waals surface area contributed by atoms with Crippen LogP contribution in [-0.4, -0.2) is 37.4 Å². The number of nitrogens with one attached hydrogen (secondary N) is 1. The van der Waals surface area contributed by atoms with Crippen LogP contribution in [-0.2, 0) is 0 Å². The molecule has 1 unspecified atom stereocenters. The van der Waals surface area contributed by atoms with Gasteiger partial charge in [0, 0.05) is 9.83 Å². The van der Waals surface area contributed by atoms with Crippen LogP contribution in [0.3, 0.4) is 0 Å². The zero-order valence-corrected chi connectivity index (χ0v) is 9.46. The van der Waals surface area contributed by atoms with E-state index in [4.69, 9.17) is 5.21 Å². The van der Waals surface area contributed by atoms with Crippen molar-refractivity contribution in [3.8, 4) is 0 Å². The maximum Gasteiger partial charge on any atom is 0.328 e. The van der Waals surface area contributed by atoms with Crippen LogP contribution in [0.5, 0.6) is 0 Å². The molecule has 1 aliphatic rings. The van der Waals surface area contributed by atoms with Crippen molar-refractivity contribution in [1.29, 1.82) is 0 Å². The summed E-state index contributed by atoms with van der Waals surface area (Å²) in [5.74, 6) is -1.52. The zero-order valence-electron chi connectivity index (χ0n) is 9.46. The number of hydrogen-bond donors (Lipinski definition) is 2. The molecule has 1 atom stereocenters. The lowest BCUT2D eigenvalue weighted by molar-refractivity contribution is -0.726. The number of nitrogens with zero attached hydrogens (tertiary/aromatic N) is 4. The van der Waals surface area contributed by atoms with Crippen LogP contribution in [0.15, 0.2) is 16.4 Å². The molecule has 0 fully saturated rings. The predicted octanol–water partition coefficient (Wildman–Crippen LogP) is -1.25. The van der Waals surface area contributed by atoms with Crippen LogP contribution in [0, 0.1) is 30.3 Å². The topological polar surface area (TPSA) is 184 Å². The number of fused-ring (bicyclic) bond motifs is 1. The Hall–Kier alpha value is -3.25. The first-order valence-corrected chi connectivity index (χ1v) is 4.98. The largest absolute Gasteiger partial charge is 0.417 e. The lowest BCUT2D eigenvalue weighted by Gasteiger charge is -2.08. The maximum atomic E-state index is 11.4. The lowest BCUT2D eigenvalue weighted by Crippen LogP contribution is -2.33. The molecule has 0 aromatic carbocycles. The van der Waals surface area contributed by atoms with Crippen molar-refractivity contribution in [3.05, 3.63) is 53.5 Å². The van der Waals surface area contributed by atoms with E-state index in [9.17, 15) is 30.3 Å². The summed E-state index contributed by atoms with van der Waals surface area (Å²) in [4.78, 5) is 30.4. The Morgan fingerprint density at radius 3 is 2.55 bits per heavy atom. The first-order valence-electron chi connectivity index (χ1n) is 4.98. The van der Waals surface area contributed by atoms with Crippen molar-refractivity contribution in [2.24, 2.45) is 0 Å². The fourth-order valence-electron chi connectivity index (χ4n) is 1.88. The van der Waals surface area contributed by atoms with E-state index in [1.807, 2.05) is 5.16 Å². The average molecular weight is 288 g/mol. The second-order valence-electron chi connectivity index (χ2n) is 3.76. The van der Waals surface area contributed by atoms with Crippen molar-refractivity contribution in [2.75, 3.05) is 6.54 Å². The molecule has 1 aromatic heterocycles. The molecule has 20 heavy (non-hydrogen) atoms. The highest BCUT2D eigenvalue weighted by molar-refractivity contribution is 6.05. The van der Waals surface area contributed by atoms with Crippen LogP contribution < -0.4 is 4.60 Å². The third kappa shape index (κ3) is 1.96. The molecular weight excluding hydrogens is 282 g/mol. The van der Waals surface area contributed by atoms with Gasteiger partial charge in [0.1, 0.15) is 0 Å². The molecular formula is C7H6N5O8+. The number of aromatic nitrogens is 2. The molecule has 2 rings (SSSR count).